The van der Waals surface area contributed by atoms with Gasteiger partial charge in [-0.15, -0.1) is 0 Å². The predicted molar refractivity (Wildman–Crippen MR) is 83.6 cm³/mol. The molecule has 24 heavy (non-hydrogen) atoms. The van der Waals surface area contributed by atoms with E-state index in [0.717, 1.165) is 12.1 Å². The molecule has 7 heteroatoms. The number of hydrogen-bond acceptors (Lipinski definition) is 3. The van der Waals surface area contributed by atoms with E-state index in [1.807, 2.05) is 0 Å². The van der Waals surface area contributed by atoms with Crippen LogP contribution in [0.5, 0.6) is 0 Å². The van der Waals surface area contributed by atoms with Gasteiger partial charge in [-0.3, -0.25) is 4.79 Å². The molecule has 4 rings (SSSR count). The van der Waals surface area contributed by atoms with Crippen molar-refractivity contribution in [3.8, 4) is 0 Å². The lowest BCUT2D eigenvalue weighted by Crippen LogP contribution is -2.32. The standard InChI is InChI=1S/C17H12F3N3O/c1-7-14(10-3-2-8(18)5-12(10)20)16-15-11(17(24)23-22-16)4-9(19)6-13(15)21-7/h2-7,14,21H,1H3,(H,23,24)/t7-,14+/m1/s1. The van der Waals surface area contributed by atoms with Crippen molar-refractivity contribution in [3.63, 3.8) is 0 Å². The number of aromatic nitrogens is 2. The first-order valence-corrected chi connectivity index (χ1v) is 7.39. The highest BCUT2D eigenvalue weighted by Crippen LogP contribution is 2.40. The van der Waals surface area contributed by atoms with Crippen LogP contribution < -0.4 is 10.9 Å². The minimum Gasteiger partial charge on any atom is -0.381 e. The van der Waals surface area contributed by atoms with Crippen molar-refractivity contribution in [2.24, 2.45) is 0 Å². The van der Waals surface area contributed by atoms with Gasteiger partial charge in [0, 0.05) is 23.2 Å². The maximum absolute atomic E-state index is 14.3. The van der Waals surface area contributed by atoms with Gasteiger partial charge in [0.25, 0.3) is 5.56 Å². The molecule has 0 spiro atoms. The normalized spacial score (nSPS) is 19.3. The van der Waals surface area contributed by atoms with Gasteiger partial charge in [-0.1, -0.05) is 6.07 Å². The van der Waals surface area contributed by atoms with Gasteiger partial charge >= 0.3 is 0 Å². The largest absolute Gasteiger partial charge is 0.381 e. The van der Waals surface area contributed by atoms with Gasteiger partial charge in [0.2, 0.25) is 0 Å². The Morgan fingerprint density at radius 1 is 1.08 bits per heavy atom. The molecule has 0 saturated heterocycles. The van der Waals surface area contributed by atoms with E-state index < -0.39 is 28.9 Å². The first kappa shape index (κ1) is 14.7. The molecule has 0 unspecified atom stereocenters. The molecule has 3 aromatic rings. The molecule has 2 N–H and O–H groups in total. The Morgan fingerprint density at radius 2 is 1.88 bits per heavy atom. The van der Waals surface area contributed by atoms with Crippen molar-refractivity contribution in [1.82, 2.24) is 10.2 Å². The molecular weight excluding hydrogens is 319 g/mol. The molecule has 2 aromatic carbocycles. The highest BCUT2D eigenvalue weighted by molar-refractivity contribution is 5.97. The van der Waals surface area contributed by atoms with Crippen LogP contribution in [0.1, 0.15) is 24.1 Å². The van der Waals surface area contributed by atoms with E-state index in [1.54, 1.807) is 6.92 Å². The first-order chi connectivity index (χ1) is 11.5. The molecule has 0 fully saturated rings. The third-order valence-corrected chi connectivity index (χ3v) is 4.36. The van der Waals surface area contributed by atoms with Crippen LogP contribution in [0.15, 0.2) is 35.1 Å². The van der Waals surface area contributed by atoms with Crippen LogP contribution in [0.3, 0.4) is 0 Å². The summed E-state index contributed by atoms with van der Waals surface area (Å²) in [5, 5.41) is 10.1. The zero-order chi connectivity index (χ0) is 17.0. The fourth-order valence-corrected chi connectivity index (χ4v) is 3.36. The summed E-state index contributed by atoms with van der Waals surface area (Å²) in [4.78, 5) is 12.0. The molecule has 0 saturated carbocycles. The molecule has 4 nitrogen and oxygen atoms in total. The number of nitrogens with one attached hydrogen (secondary N) is 2. The monoisotopic (exact) mass is 331 g/mol. The lowest BCUT2D eigenvalue weighted by Gasteiger charge is -2.32. The Bertz CT molecular complexity index is 1030. The average Bonchev–Trinajstić information content (AvgIpc) is 2.51. The SMILES string of the molecule is C[C@H]1Nc2cc(F)cc3c(=O)[nH]nc(c23)[C@@H]1c1ccc(F)cc1F. The summed E-state index contributed by atoms with van der Waals surface area (Å²) < 4.78 is 41.3. The van der Waals surface area contributed by atoms with E-state index in [-0.39, 0.29) is 17.0 Å². The zero-order valence-corrected chi connectivity index (χ0v) is 12.5. The van der Waals surface area contributed by atoms with E-state index >= 15 is 0 Å². The van der Waals surface area contributed by atoms with Gasteiger partial charge in [-0.2, -0.15) is 5.10 Å². The summed E-state index contributed by atoms with van der Waals surface area (Å²) in [5.41, 5.74) is 0.595. The Morgan fingerprint density at radius 3 is 2.62 bits per heavy atom. The van der Waals surface area contributed by atoms with Gasteiger partial charge in [-0.05, 0) is 30.7 Å². The zero-order valence-electron chi connectivity index (χ0n) is 12.5. The second-order valence-electron chi connectivity index (χ2n) is 5.89. The van der Waals surface area contributed by atoms with Crippen LogP contribution in [-0.4, -0.2) is 16.2 Å². The second kappa shape index (κ2) is 5.09. The van der Waals surface area contributed by atoms with Crippen LogP contribution in [-0.2, 0) is 0 Å². The molecular formula is C17H12F3N3O. The van der Waals surface area contributed by atoms with Crippen molar-refractivity contribution in [2.45, 2.75) is 18.9 Å². The summed E-state index contributed by atoms with van der Waals surface area (Å²) >= 11 is 0. The molecule has 0 bridgehead atoms. The fraction of sp³-hybridized carbons (Fsp3) is 0.176. The van der Waals surface area contributed by atoms with Crippen LogP contribution >= 0.6 is 0 Å². The summed E-state index contributed by atoms with van der Waals surface area (Å²) in [7, 11) is 0. The quantitative estimate of drug-likeness (QED) is 0.719. The molecule has 1 aliphatic rings. The van der Waals surface area contributed by atoms with E-state index in [1.165, 1.54) is 18.2 Å². The summed E-state index contributed by atoms with van der Waals surface area (Å²) in [5.74, 6) is -2.47. The number of halogens is 3. The first-order valence-electron chi connectivity index (χ1n) is 7.39. The molecule has 1 aliphatic heterocycles. The third-order valence-electron chi connectivity index (χ3n) is 4.36. The topological polar surface area (TPSA) is 57.8 Å². The molecule has 0 radical (unpaired) electrons. The van der Waals surface area contributed by atoms with Gasteiger partial charge in [0.1, 0.15) is 17.5 Å². The number of anilines is 1. The summed E-state index contributed by atoms with van der Waals surface area (Å²) in [6.45, 7) is 1.79. The van der Waals surface area contributed by atoms with Crippen LogP contribution in [0.25, 0.3) is 10.8 Å². The van der Waals surface area contributed by atoms with E-state index in [2.05, 4.69) is 15.5 Å². The maximum Gasteiger partial charge on any atom is 0.272 e. The van der Waals surface area contributed by atoms with Crippen molar-refractivity contribution in [1.29, 1.82) is 0 Å². The molecule has 1 aromatic heterocycles. The number of H-pyrrole nitrogens is 1. The molecule has 2 heterocycles. The van der Waals surface area contributed by atoms with Gasteiger partial charge in [0.15, 0.2) is 0 Å². The number of rotatable bonds is 1. The second-order valence-corrected chi connectivity index (χ2v) is 5.89. The fourth-order valence-electron chi connectivity index (χ4n) is 3.36. The lowest BCUT2D eigenvalue weighted by atomic mass is 9.83. The Labute approximate surface area is 134 Å². The van der Waals surface area contributed by atoms with E-state index in [0.29, 0.717) is 16.8 Å². The van der Waals surface area contributed by atoms with Crippen molar-refractivity contribution in [3.05, 3.63) is 69.4 Å². The highest BCUT2D eigenvalue weighted by Gasteiger charge is 2.33. The van der Waals surface area contributed by atoms with Gasteiger partial charge in [-0.25, -0.2) is 18.3 Å². The number of nitrogens with zero attached hydrogens (tertiary/aromatic N) is 1. The average molecular weight is 331 g/mol. The smallest absolute Gasteiger partial charge is 0.272 e. The molecule has 2 atom stereocenters. The highest BCUT2D eigenvalue weighted by atomic mass is 19.1. The van der Waals surface area contributed by atoms with E-state index in [9.17, 15) is 18.0 Å². The molecule has 0 aliphatic carbocycles. The number of hydrogen-bond donors (Lipinski definition) is 2. The third kappa shape index (κ3) is 2.08. The molecule has 0 amide bonds. The predicted octanol–water partition coefficient (Wildman–Crippen LogP) is 3.29. The Hall–Kier alpha value is -2.83. The van der Waals surface area contributed by atoms with Crippen molar-refractivity contribution < 1.29 is 13.2 Å². The lowest BCUT2D eigenvalue weighted by molar-refractivity contribution is 0.546. The van der Waals surface area contributed by atoms with Crippen molar-refractivity contribution in [2.75, 3.05) is 5.32 Å². The van der Waals surface area contributed by atoms with Crippen molar-refractivity contribution >= 4 is 16.5 Å². The minimum absolute atomic E-state index is 0.141. The van der Waals surface area contributed by atoms with Gasteiger partial charge < -0.3 is 5.32 Å². The summed E-state index contributed by atoms with van der Waals surface area (Å²) in [6, 6.07) is 5.42. The Kier molecular flexibility index (Phi) is 3.13. The van der Waals surface area contributed by atoms with Gasteiger partial charge in [0.05, 0.1) is 17.0 Å². The van der Waals surface area contributed by atoms with E-state index in [4.69, 9.17) is 0 Å². The number of aromatic amines is 1. The van der Waals surface area contributed by atoms with Crippen LogP contribution in [0.2, 0.25) is 0 Å². The number of benzene rings is 2. The minimum atomic E-state index is -0.694. The van der Waals surface area contributed by atoms with Crippen LogP contribution in [0, 0.1) is 17.5 Å². The molecule has 122 valence electrons. The van der Waals surface area contributed by atoms with Crippen LogP contribution in [0.4, 0.5) is 18.9 Å². The Balaban J connectivity index is 2.04. The maximum atomic E-state index is 14.3. The summed E-state index contributed by atoms with van der Waals surface area (Å²) in [6.07, 6.45) is 0.